The van der Waals surface area contributed by atoms with Crippen molar-refractivity contribution >= 4 is 21.6 Å². The van der Waals surface area contributed by atoms with Crippen LogP contribution in [0.5, 0.6) is 11.5 Å². The molecule has 0 aliphatic carbocycles. The van der Waals surface area contributed by atoms with Gasteiger partial charge in [0.25, 0.3) is 0 Å². The third kappa shape index (κ3) is 2.65. The lowest BCUT2D eigenvalue weighted by Crippen LogP contribution is -1.94. The minimum Gasteiger partial charge on any atom is -0.447 e. The molecule has 0 aromatic heterocycles. The van der Waals surface area contributed by atoms with Crippen molar-refractivity contribution in [3.8, 4) is 11.5 Å². The van der Waals surface area contributed by atoms with Crippen LogP contribution < -0.4 is 4.74 Å². The average molecular weight is 312 g/mol. The van der Waals surface area contributed by atoms with Crippen LogP contribution in [0.3, 0.4) is 0 Å². The number of benzene rings is 2. The highest BCUT2D eigenvalue weighted by molar-refractivity contribution is 9.10. The first-order chi connectivity index (χ1) is 8.58. The van der Waals surface area contributed by atoms with Crippen LogP contribution in [0, 0.1) is 15.9 Å². The summed E-state index contributed by atoms with van der Waals surface area (Å²) in [6, 6.07) is 9.95. The molecule has 0 heterocycles. The van der Waals surface area contributed by atoms with Gasteiger partial charge >= 0.3 is 5.69 Å². The smallest absolute Gasteiger partial charge is 0.311 e. The van der Waals surface area contributed by atoms with Crippen LogP contribution in [0.4, 0.5) is 10.1 Å². The number of hydrogen-bond donors (Lipinski definition) is 0. The lowest BCUT2D eigenvalue weighted by molar-refractivity contribution is -0.385. The molecule has 4 nitrogen and oxygen atoms in total. The van der Waals surface area contributed by atoms with E-state index < -0.39 is 10.7 Å². The zero-order valence-corrected chi connectivity index (χ0v) is 10.6. The highest BCUT2D eigenvalue weighted by Gasteiger charge is 2.16. The van der Waals surface area contributed by atoms with Gasteiger partial charge in [0.1, 0.15) is 0 Å². The molecule has 2 aromatic rings. The number of para-hydroxylation sites is 2. The number of ether oxygens (including phenoxy) is 1. The summed E-state index contributed by atoms with van der Waals surface area (Å²) in [5.41, 5.74) is -0.211. The van der Waals surface area contributed by atoms with Crippen LogP contribution in [0.25, 0.3) is 0 Å². The molecule has 0 unspecified atom stereocenters. The van der Waals surface area contributed by atoms with Crippen LogP contribution in [0.1, 0.15) is 0 Å². The number of hydrogen-bond acceptors (Lipinski definition) is 3. The normalized spacial score (nSPS) is 10.1. The molecular formula is C12H7BrFNO3. The Bertz CT molecular complexity index is 604. The van der Waals surface area contributed by atoms with Crippen molar-refractivity contribution in [1.82, 2.24) is 0 Å². The number of nitrogens with zero attached hydrogens (tertiary/aromatic N) is 1. The Morgan fingerprint density at radius 1 is 1.17 bits per heavy atom. The van der Waals surface area contributed by atoms with Gasteiger partial charge in [-0.25, -0.2) is 4.39 Å². The molecule has 0 fully saturated rings. The van der Waals surface area contributed by atoms with Gasteiger partial charge in [-0.3, -0.25) is 10.1 Å². The Labute approximate surface area is 110 Å². The molecule has 6 heteroatoms. The van der Waals surface area contributed by atoms with Gasteiger partial charge in [-0.15, -0.1) is 0 Å². The molecule has 0 atom stereocenters. The maximum Gasteiger partial charge on any atom is 0.311 e. The fourth-order valence-corrected chi connectivity index (χ4v) is 1.71. The molecule has 0 bridgehead atoms. The zero-order chi connectivity index (χ0) is 13.1. The second-order valence-electron chi connectivity index (χ2n) is 3.40. The molecule has 0 spiro atoms. The molecule has 0 amide bonds. The minimum atomic E-state index is -0.587. The van der Waals surface area contributed by atoms with E-state index >= 15 is 0 Å². The monoisotopic (exact) mass is 311 g/mol. The Kier molecular flexibility index (Phi) is 3.57. The molecule has 0 saturated heterocycles. The minimum absolute atomic E-state index is 0.000463. The van der Waals surface area contributed by atoms with Crippen molar-refractivity contribution in [3.63, 3.8) is 0 Å². The summed E-state index contributed by atoms with van der Waals surface area (Å²) in [6.45, 7) is 0. The largest absolute Gasteiger partial charge is 0.447 e. The van der Waals surface area contributed by atoms with Gasteiger partial charge in [0.05, 0.1) is 4.92 Å². The van der Waals surface area contributed by atoms with Gasteiger partial charge in [0, 0.05) is 10.5 Å². The van der Waals surface area contributed by atoms with Crippen molar-refractivity contribution in [1.29, 1.82) is 0 Å². The van der Waals surface area contributed by atoms with Gasteiger partial charge in [-0.1, -0.05) is 28.1 Å². The number of nitro groups is 1. The maximum atomic E-state index is 13.5. The van der Waals surface area contributed by atoms with Crippen molar-refractivity contribution in [2.45, 2.75) is 0 Å². The predicted molar refractivity (Wildman–Crippen MR) is 67.3 cm³/mol. The summed E-state index contributed by atoms with van der Waals surface area (Å²) >= 11 is 3.18. The lowest BCUT2D eigenvalue weighted by Gasteiger charge is -2.07. The Hall–Kier alpha value is -1.95. The average Bonchev–Trinajstić information content (AvgIpc) is 2.34. The van der Waals surface area contributed by atoms with Crippen molar-refractivity contribution < 1.29 is 14.1 Å². The summed E-state index contributed by atoms with van der Waals surface area (Å²) in [5.74, 6) is -0.658. The first-order valence-corrected chi connectivity index (χ1v) is 5.73. The number of nitro benzene ring substituents is 1. The van der Waals surface area contributed by atoms with Crippen LogP contribution >= 0.6 is 15.9 Å². The highest BCUT2D eigenvalue weighted by Crippen LogP contribution is 2.33. The third-order valence-corrected chi connectivity index (χ3v) is 2.67. The fourth-order valence-electron chi connectivity index (χ4n) is 1.37. The van der Waals surface area contributed by atoms with Crippen LogP contribution in [-0.2, 0) is 0 Å². The van der Waals surface area contributed by atoms with E-state index in [4.69, 9.17) is 4.74 Å². The summed E-state index contributed by atoms with van der Waals surface area (Å²) in [4.78, 5) is 10.2. The second-order valence-corrected chi connectivity index (χ2v) is 4.32. The van der Waals surface area contributed by atoms with E-state index in [1.807, 2.05) is 0 Å². The van der Waals surface area contributed by atoms with E-state index in [0.717, 1.165) is 0 Å². The predicted octanol–water partition coefficient (Wildman–Crippen LogP) is 4.29. The fraction of sp³-hybridized carbons (Fsp3) is 0. The molecule has 0 radical (unpaired) electrons. The number of rotatable bonds is 3. The van der Waals surface area contributed by atoms with E-state index in [1.165, 1.54) is 36.4 Å². The van der Waals surface area contributed by atoms with E-state index in [-0.39, 0.29) is 17.2 Å². The second kappa shape index (κ2) is 5.14. The summed E-state index contributed by atoms with van der Waals surface area (Å²) in [5, 5.41) is 10.8. The first-order valence-electron chi connectivity index (χ1n) is 4.94. The summed E-state index contributed by atoms with van der Waals surface area (Å²) in [6.07, 6.45) is 0. The summed E-state index contributed by atoms with van der Waals surface area (Å²) in [7, 11) is 0. The molecule has 0 saturated carbocycles. The highest BCUT2D eigenvalue weighted by atomic mass is 79.9. The molecule has 0 aliphatic heterocycles. The van der Waals surface area contributed by atoms with Gasteiger partial charge < -0.3 is 4.74 Å². The molecule has 18 heavy (non-hydrogen) atoms. The van der Waals surface area contributed by atoms with Gasteiger partial charge in [-0.2, -0.15) is 0 Å². The zero-order valence-electron chi connectivity index (χ0n) is 8.97. The Morgan fingerprint density at radius 2 is 1.89 bits per heavy atom. The van der Waals surface area contributed by atoms with Crippen LogP contribution in [0.15, 0.2) is 46.9 Å². The summed E-state index contributed by atoms with van der Waals surface area (Å²) < 4.78 is 19.3. The molecule has 0 N–H and O–H groups in total. The van der Waals surface area contributed by atoms with Crippen LogP contribution in [0.2, 0.25) is 0 Å². The van der Waals surface area contributed by atoms with E-state index in [1.54, 1.807) is 6.07 Å². The maximum absolute atomic E-state index is 13.5. The van der Waals surface area contributed by atoms with Crippen LogP contribution in [-0.4, -0.2) is 4.92 Å². The molecular weight excluding hydrogens is 305 g/mol. The van der Waals surface area contributed by atoms with Gasteiger partial charge in [0.2, 0.25) is 5.75 Å². The van der Waals surface area contributed by atoms with Crippen molar-refractivity contribution in [2.24, 2.45) is 0 Å². The molecule has 2 rings (SSSR count). The van der Waals surface area contributed by atoms with Gasteiger partial charge in [0.15, 0.2) is 11.6 Å². The lowest BCUT2D eigenvalue weighted by atomic mass is 10.3. The van der Waals surface area contributed by atoms with Crippen molar-refractivity contribution in [2.75, 3.05) is 0 Å². The quantitative estimate of drug-likeness (QED) is 0.627. The first kappa shape index (κ1) is 12.5. The van der Waals surface area contributed by atoms with Gasteiger partial charge in [-0.05, 0) is 24.3 Å². The number of halogens is 2. The Balaban J connectivity index is 2.40. The molecule has 0 aliphatic rings. The molecule has 92 valence electrons. The van der Waals surface area contributed by atoms with E-state index in [9.17, 15) is 14.5 Å². The van der Waals surface area contributed by atoms with E-state index in [2.05, 4.69) is 15.9 Å². The SMILES string of the molecule is O=[N+]([O-])c1ccccc1Oc1cc(Br)ccc1F. The van der Waals surface area contributed by atoms with Crippen molar-refractivity contribution in [3.05, 3.63) is 62.9 Å². The third-order valence-electron chi connectivity index (χ3n) is 2.18. The Morgan fingerprint density at radius 3 is 2.61 bits per heavy atom. The standard InChI is InChI=1S/C12H7BrFNO3/c13-8-5-6-9(14)12(7-8)18-11-4-2-1-3-10(11)15(16)17/h1-7H. The molecule has 2 aromatic carbocycles. The topological polar surface area (TPSA) is 52.4 Å². The van der Waals surface area contributed by atoms with E-state index in [0.29, 0.717) is 4.47 Å².